The summed E-state index contributed by atoms with van der Waals surface area (Å²) in [4.78, 5) is 15.4. The lowest BCUT2D eigenvalue weighted by molar-refractivity contribution is -0.143. The minimum absolute atomic E-state index is 0.0311. The van der Waals surface area contributed by atoms with Gasteiger partial charge in [0.1, 0.15) is 18.0 Å². The zero-order chi connectivity index (χ0) is 19.8. The number of rotatable bonds is 7. The van der Waals surface area contributed by atoms with Crippen LogP contribution in [0.1, 0.15) is 58.3 Å². The quantitative estimate of drug-likeness (QED) is 0.748. The van der Waals surface area contributed by atoms with E-state index >= 15 is 0 Å². The zero-order valence-corrected chi connectivity index (χ0v) is 17.5. The molecule has 2 fully saturated rings. The summed E-state index contributed by atoms with van der Waals surface area (Å²) in [7, 11) is 1.65. The van der Waals surface area contributed by atoms with Crippen LogP contribution in [0.4, 0.5) is 5.69 Å². The van der Waals surface area contributed by atoms with E-state index < -0.39 is 5.60 Å². The highest BCUT2D eigenvalue weighted by atomic mass is 16.5. The smallest absolute Gasteiger partial charge is 0.256 e. The van der Waals surface area contributed by atoms with Gasteiger partial charge in [0.05, 0.1) is 0 Å². The zero-order valence-electron chi connectivity index (χ0n) is 17.5. The summed E-state index contributed by atoms with van der Waals surface area (Å²) in [6.45, 7) is 6.25. The van der Waals surface area contributed by atoms with Crippen molar-refractivity contribution < 1.29 is 14.3 Å². The van der Waals surface area contributed by atoms with E-state index in [2.05, 4.69) is 17.1 Å². The molecule has 1 N–H and O–H groups in total. The van der Waals surface area contributed by atoms with Gasteiger partial charge in [-0.2, -0.15) is 0 Å². The molecule has 5 heteroatoms. The number of likely N-dealkylation sites (tertiary alicyclic amines) is 1. The number of amides is 1. The lowest BCUT2D eigenvalue weighted by atomic mass is 9.78. The summed E-state index contributed by atoms with van der Waals surface area (Å²) < 4.78 is 11.6. The van der Waals surface area contributed by atoms with Crippen LogP contribution < -0.4 is 10.1 Å². The van der Waals surface area contributed by atoms with Crippen LogP contribution in [0.15, 0.2) is 24.3 Å². The monoisotopic (exact) mass is 388 g/mol. The number of methoxy groups -OCH3 is 1. The van der Waals surface area contributed by atoms with E-state index in [1.807, 2.05) is 24.3 Å². The second kappa shape index (κ2) is 10.3. The maximum atomic E-state index is 12.9. The Morgan fingerprint density at radius 1 is 1.14 bits per heavy atom. The van der Waals surface area contributed by atoms with Gasteiger partial charge in [0, 0.05) is 19.3 Å². The molecule has 0 unspecified atom stereocenters. The molecule has 2 atom stereocenters. The molecule has 0 aromatic heterocycles. The van der Waals surface area contributed by atoms with E-state index in [-0.39, 0.29) is 5.91 Å². The topological polar surface area (TPSA) is 50.8 Å². The van der Waals surface area contributed by atoms with Crippen molar-refractivity contribution in [3.05, 3.63) is 24.3 Å². The molecule has 28 heavy (non-hydrogen) atoms. The molecule has 1 aliphatic heterocycles. The number of nitrogens with zero attached hydrogens (tertiary/aromatic N) is 1. The molecule has 1 saturated heterocycles. The molecule has 3 rings (SSSR count). The predicted octanol–water partition coefficient (Wildman–Crippen LogP) is 4.48. The van der Waals surface area contributed by atoms with Crippen LogP contribution in [0.3, 0.4) is 0 Å². The van der Waals surface area contributed by atoms with Gasteiger partial charge in [-0.3, -0.25) is 9.69 Å². The number of carbonyl (C=O) groups is 1. The van der Waals surface area contributed by atoms with E-state index in [4.69, 9.17) is 9.47 Å². The first-order valence-electron chi connectivity index (χ1n) is 10.9. The molecule has 1 aliphatic carbocycles. The maximum Gasteiger partial charge on any atom is 0.256 e. The summed E-state index contributed by atoms with van der Waals surface area (Å²) in [6.07, 6.45) is 9.09. The van der Waals surface area contributed by atoms with Crippen molar-refractivity contribution in [2.24, 2.45) is 5.92 Å². The molecule has 1 saturated carbocycles. The largest absolute Gasteiger partial charge is 0.492 e. The summed E-state index contributed by atoms with van der Waals surface area (Å²) in [6, 6.07) is 7.69. The molecule has 1 aromatic rings. The molecule has 1 aromatic carbocycles. The maximum absolute atomic E-state index is 12.9. The number of hydrogen-bond donors (Lipinski definition) is 1. The Hall–Kier alpha value is -1.59. The Bertz CT molecular complexity index is 611. The highest BCUT2D eigenvalue weighted by Crippen LogP contribution is 2.35. The van der Waals surface area contributed by atoms with E-state index in [9.17, 15) is 4.79 Å². The van der Waals surface area contributed by atoms with Gasteiger partial charge < -0.3 is 14.8 Å². The first kappa shape index (κ1) is 21.1. The number of anilines is 1. The number of carbonyl (C=O) groups excluding carboxylic acids is 1. The Balaban J connectivity index is 1.47. The third kappa shape index (κ3) is 5.71. The molecule has 156 valence electrons. The molecule has 0 bridgehead atoms. The van der Waals surface area contributed by atoms with Gasteiger partial charge in [-0.25, -0.2) is 0 Å². The van der Waals surface area contributed by atoms with Crippen LogP contribution in [0.5, 0.6) is 5.75 Å². The number of hydrogen-bond acceptors (Lipinski definition) is 4. The summed E-state index contributed by atoms with van der Waals surface area (Å²) >= 11 is 0. The molecule has 0 spiro atoms. The average molecular weight is 389 g/mol. The van der Waals surface area contributed by atoms with Gasteiger partial charge in [-0.05, 0) is 75.4 Å². The van der Waals surface area contributed by atoms with Crippen molar-refractivity contribution in [3.8, 4) is 5.75 Å². The van der Waals surface area contributed by atoms with E-state index in [0.29, 0.717) is 12.5 Å². The summed E-state index contributed by atoms with van der Waals surface area (Å²) in [5.41, 5.74) is 0.0968. The standard InChI is InChI=1S/C23H36N2O3/c1-19-8-7-13-23(18-19,27-2)22(26)24-20-9-11-21(12-10-20)28-17-16-25-14-5-3-4-6-15-25/h9-12,19H,3-8,13-18H2,1-2H3,(H,24,26)/t19-,23-/m0/s1. The van der Waals surface area contributed by atoms with Crippen molar-refractivity contribution >= 4 is 11.6 Å². The van der Waals surface area contributed by atoms with Crippen LogP contribution in [0.25, 0.3) is 0 Å². The summed E-state index contributed by atoms with van der Waals surface area (Å²) in [5, 5.41) is 3.04. The highest BCUT2D eigenvalue weighted by Gasteiger charge is 2.41. The van der Waals surface area contributed by atoms with Crippen molar-refractivity contribution in [3.63, 3.8) is 0 Å². The number of benzene rings is 1. The van der Waals surface area contributed by atoms with Crippen molar-refractivity contribution in [1.82, 2.24) is 4.90 Å². The van der Waals surface area contributed by atoms with Gasteiger partial charge in [0.2, 0.25) is 0 Å². The second-order valence-corrected chi connectivity index (χ2v) is 8.48. The second-order valence-electron chi connectivity index (χ2n) is 8.48. The van der Waals surface area contributed by atoms with Crippen LogP contribution in [0, 0.1) is 5.92 Å². The van der Waals surface area contributed by atoms with Crippen LogP contribution in [-0.2, 0) is 9.53 Å². The number of ether oxygens (including phenoxy) is 2. The van der Waals surface area contributed by atoms with Gasteiger partial charge in [0.15, 0.2) is 0 Å². The molecule has 2 aliphatic rings. The fourth-order valence-electron chi connectivity index (χ4n) is 4.52. The minimum atomic E-state index is -0.694. The SMILES string of the molecule is CO[C@@]1(C(=O)Nc2ccc(OCCN3CCCCCC3)cc2)CCC[C@H](C)C1. The average Bonchev–Trinajstić information content (AvgIpc) is 2.98. The number of nitrogens with one attached hydrogen (secondary N) is 1. The van der Waals surface area contributed by atoms with E-state index in [1.54, 1.807) is 7.11 Å². The third-order valence-corrected chi connectivity index (χ3v) is 6.25. The van der Waals surface area contributed by atoms with Gasteiger partial charge in [-0.15, -0.1) is 0 Å². The Kier molecular flexibility index (Phi) is 7.74. The first-order valence-corrected chi connectivity index (χ1v) is 10.9. The van der Waals surface area contributed by atoms with Crippen molar-refractivity contribution in [2.75, 3.05) is 38.7 Å². The molecule has 5 nitrogen and oxygen atoms in total. The van der Waals surface area contributed by atoms with Crippen LogP contribution >= 0.6 is 0 Å². The Labute approximate surface area is 169 Å². The van der Waals surface area contributed by atoms with Crippen LogP contribution in [0.2, 0.25) is 0 Å². The molecule has 1 amide bonds. The molecule has 0 radical (unpaired) electrons. The molecular formula is C23H36N2O3. The fourth-order valence-corrected chi connectivity index (χ4v) is 4.52. The minimum Gasteiger partial charge on any atom is -0.492 e. The third-order valence-electron chi connectivity index (χ3n) is 6.25. The predicted molar refractivity (Wildman–Crippen MR) is 113 cm³/mol. The fraction of sp³-hybridized carbons (Fsp3) is 0.696. The Morgan fingerprint density at radius 3 is 2.50 bits per heavy atom. The highest BCUT2D eigenvalue weighted by molar-refractivity contribution is 5.97. The molecule has 1 heterocycles. The lowest BCUT2D eigenvalue weighted by Crippen LogP contribution is -2.47. The van der Waals surface area contributed by atoms with E-state index in [0.717, 1.165) is 37.2 Å². The lowest BCUT2D eigenvalue weighted by Gasteiger charge is -2.37. The summed E-state index contributed by atoms with van der Waals surface area (Å²) in [5.74, 6) is 1.33. The molecular weight excluding hydrogens is 352 g/mol. The van der Waals surface area contributed by atoms with Gasteiger partial charge >= 0.3 is 0 Å². The van der Waals surface area contributed by atoms with Crippen LogP contribution in [-0.4, -0.2) is 49.8 Å². The first-order chi connectivity index (χ1) is 13.6. The van der Waals surface area contributed by atoms with Crippen molar-refractivity contribution in [1.29, 1.82) is 0 Å². The van der Waals surface area contributed by atoms with E-state index in [1.165, 1.54) is 45.2 Å². The van der Waals surface area contributed by atoms with Gasteiger partial charge in [-0.1, -0.05) is 26.2 Å². The van der Waals surface area contributed by atoms with Crippen molar-refractivity contribution in [2.45, 2.75) is 63.9 Å². The normalized spacial score (nSPS) is 26.4. The van der Waals surface area contributed by atoms with Gasteiger partial charge in [0.25, 0.3) is 5.91 Å². The Morgan fingerprint density at radius 2 is 1.86 bits per heavy atom.